The number of thioether (sulfide) groups is 1. The van der Waals surface area contributed by atoms with Crippen molar-refractivity contribution in [1.29, 1.82) is 0 Å². The fraction of sp³-hybridized carbons (Fsp3) is 0.143. The molecule has 0 saturated carbocycles. The molecule has 0 saturated heterocycles. The molecule has 0 atom stereocenters. The number of aromatic carboxylic acids is 1. The Hall–Kier alpha value is -1.83. The molecule has 2 N–H and O–H groups in total. The summed E-state index contributed by atoms with van der Waals surface area (Å²) in [6.45, 7) is 0. The number of aromatic nitrogens is 4. The highest BCUT2D eigenvalue weighted by Crippen LogP contribution is 2.07. The first-order valence-electron chi connectivity index (χ1n) is 3.89. The van der Waals surface area contributed by atoms with Crippen LogP contribution in [0.15, 0.2) is 16.0 Å². The third-order valence-electron chi connectivity index (χ3n) is 1.72. The van der Waals surface area contributed by atoms with Crippen LogP contribution in [0.4, 0.5) is 0 Å². The molecule has 15 heavy (non-hydrogen) atoms. The van der Waals surface area contributed by atoms with Gasteiger partial charge in [-0.2, -0.15) is 9.50 Å². The predicted molar refractivity (Wildman–Crippen MR) is 52.3 cm³/mol. The summed E-state index contributed by atoms with van der Waals surface area (Å²) in [5.41, 5.74) is -0.802. The van der Waals surface area contributed by atoms with E-state index in [9.17, 15) is 9.59 Å². The van der Waals surface area contributed by atoms with E-state index < -0.39 is 11.5 Å². The van der Waals surface area contributed by atoms with E-state index in [4.69, 9.17) is 5.11 Å². The van der Waals surface area contributed by atoms with Crippen molar-refractivity contribution < 1.29 is 9.90 Å². The lowest BCUT2D eigenvalue weighted by Crippen LogP contribution is -2.17. The maximum Gasteiger partial charge on any atom is 0.354 e. The molecular weight excluding hydrogens is 220 g/mol. The van der Waals surface area contributed by atoms with Gasteiger partial charge in [0.2, 0.25) is 0 Å². The van der Waals surface area contributed by atoms with Crippen molar-refractivity contribution in [3.63, 3.8) is 0 Å². The van der Waals surface area contributed by atoms with Gasteiger partial charge in [0.05, 0.1) is 0 Å². The van der Waals surface area contributed by atoms with Crippen molar-refractivity contribution in [3.8, 4) is 0 Å². The fourth-order valence-electron chi connectivity index (χ4n) is 1.06. The van der Waals surface area contributed by atoms with Crippen LogP contribution in [-0.4, -0.2) is 36.9 Å². The molecule has 2 heterocycles. The number of carbonyl (C=O) groups is 1. The maximum absolute atomic E-state index is 11.4. The molecule has 2 aromatic heterocycles. The van der Waals surface area contributed by atoms with Crippen LogP contribution in [0.3, 0.4) is 0 Å². The van der Waals surface area contributed by atoms with Crippen LogP contribution >= 0.6 is 11.8 Å². The zero-order valence-electron chi connectivity index (χ0n) is 7.59. The molecule has 2 rings (SSSR count). The summed E-state index contributed by atoms with van der Waals surface area (Å²) in [5.74, 6) is -1.19. The highest BCUT2D eigenvalue weighted by atomic mass is 32.2. The Balaban J connectivity index is 2.76. The van der Waals surface area contributed by atoms with Gasteiger partial charge in [0.1, 0.15) is 0 Å². The number of hydrogen-bond donors (Lipinski definition) is 2. The quantitative estimate of drug-likeness (QED) is 0.690. The predicted octanol–water partition coefficient (Wildman–Crippen LogP) is -0.162. The number of hydrogen-bond acceptors (Lipinski definition) is 5. The van der Waals surface area contributed by atoms with Gasteiger partial charge in [-0.3, -0.25) is 9.89 Å². The summed E-state index contributed by atoms with van der Waals surface area (Å²) >= 11 is 1.30. The molecule has 0 radical (unpaired) electrons. The fourth-order valence-corrected chi connectivity index (χ4v) is 1.42. The van der Waals surface area contributed by atoms with E-state index in [0.717, 1.165) is 10.6 Å². The largest absolute Gasteiger partial charge is 0.477 e. The summed E-state index contributed by atoms with van der Waals surface area (Å²) in [7, 11) is 0. The van der Waals surface area contributed by atoms with Crippen LogP contribution in [0.5, 0.6) is 0 Å². The van der Waals surface area contributed by atoms with Crippen molar-refractivity contribution in [3.05, 3.63) is 22.1 Å². The van der Waals surface area contributed by atoms with Crippen molar-refractivity contribution >= 4 is 23.5 Å². The van der Waals surface area contributed by atoms with Crippen LogP contribution in [0, 0.1) is 0 Å². The Labute approximate surface area is 87.1 Å². The molecule has 0 aliphatic rings. The smallest absolute Gasteiger partial charge is 0.354 e. The van der Waals surface area contributed by atoms with Gasteiger partial charge < -0.3 is 5.11 Å². The second kappa shape index (κ2) is 3.39. The van der Waals surface area contributed by atoms with Gasteiger partial charge in [0.25, 0.3) is 11.3 Å². The first-order valence-corrected chi connectivity index (χ1v) is 5.11. The van der Waals surface area contributed by atoms with Gasteiger partial charge in [-0.05, 0) is 6.26 Å². The lowest BCUT2D eigenvalue weighted by Gasteiger charge is -1.92. The first-order chi connectivity index (χ1) is 7.11. The molecule has 0 amide bonds. The van der Waals surface area contributed by atoms with E-state index in [0.29, 0.717) is 5.16 Å². The third kappa shape index (κ3) is 1.59. The molecule has 2 aromatic rings. The van der Waals surface area contributed by atoms with E-state index in [-0.39, 0.29) is 11.5 Å². The number of aromatic amines is 1. The monoisotopic (exact) mass is 226 g/mol. The Bertz CT molecular complexity index is 587. The van der Waals surface area contributed by atoms with Gasteiger partial charge in [-0.25, -0.2) is 9.78 Å². The van der Waals surface area contributed by atoms with E-state index >= 15 is 0 Å². The molecule has 8 heteroatoms. The average molecular weight is 226 g/mol. The number of fused-ring (bicyclic) bond motifs is 1. The molecule has 0 unspecified atom stereocenters. The molecule has 0 aliphatic carbocycles. The average Bonchev–Trinajstić information content (AvgIpc) is 2.61. The van der Waals surface area contributed by atoms with Crippen molar-refractivity contribution in [2.75, 3.05) is 6.26 Å². The van der Waals surface area contributed by atoms with Gasteiger partial charge >= 0.3 is 5.97 Å². The highest BCUT2D eigenvalue weighted by molar-refractivity contribution is 7.98. The topological polar surface area (TPSA) is 100 Å². The van der Waals surface area contributed by atoms with Gasteiger partial charge in [-0.1, -0.05) is 11.8 Å². The minimum absolute atomic E-state index is 0.0595. The standard InChI is InChI=1S/C7H6N4O3S/c1-15-7-9-6-8-3(5(13)14)2-4(12)11(6)10-7/h2H,1H3,(H,13,14)(H,8,9,10). The van der Waals surface area contributed by atoms with E-state index in [1.807, 2.05) is 0 Å². The molecule has 0 bridgehead atoms. The maximum atomic E-state index is 11.4. The van der Waals surface area contributed by atoms with Crippen LogP contribution in [-0.2, 0) is 0 Å². The van der Waals surface area contributed by atoms with Crippen LogP contribution < -0.4 is 5.56 Å². The SMILES string of the molecule is CSc1nc2nc(C(=O)O)cc(=O)n2[nH]1. The Morgan fingerprint density at radius 3 is 2.93 bits per heavy atom. The summed E-state index contributed by atoms with van der Waals surface area (Å²) in [6.07, 6.45) is 1.78. The van der Waals surface area contributed by atoms with Crippen molar-refractivity contribution in [2.24, 2.45) is 0 Å². The van der Waals surface area contributed by atoms with Crippen LogP contribution in [0.1, 0.15) is 10.5 Å². The zero-order valence-corrected chi connectivity index (χ0v) is 8.41. The normalized spacial score (nSPS) is 10.7. The van der Waals surface area contributed by atoms with Crippen LogP contribution in [0.2, 0.25) is 0 Å². The second-order valence-corrected chi connectivity index (χ2v) is 3.45. The summed E-state index contributed by atoms with van der Waals surface area (Å²) in [5, 5.41) is 11.9. The molecule has 0 aromatic carbocycles. The van der Waals surface area contributed by atoms with E-state index in [1.54, 1.807) is 6.26 Å². The number of rotatable bonds is 2. The van der Waals surface area contributed by atoms with E-state index in [2.05, 4.69) is 15.1 Å². The molecular formula is C7H6N4O3S. The number of nitrogens with one attached hydrogen (secondary N) is 1. The molecule has 0 fully saturated rings. The summed E-state index contributed by atoms with van der Waals surface area (Å²) in [4.78, 5) is 29.7. The zero-order chi connectivity index (χ0) is 11.0. The number of H-pyrrole nitrogens is 1. The van der Waals surface area contributed by atoms with Crippen molar-refractivity contribution in [1.82, 2.24) is 19.6 Å². The Morgan fingerprint density at radius 2 is 2.33 bits per heavy atom. The number of nitrogens with zero attached hydrogens (tertiary/aromatic N) is 3. The van der Waals surface area contributed by atoms with Gasteiger partial charge in [0, 0.05) is 6.07 Å². The summed E-state index contributed by atoms with van der Waals surface area (Å²) < 4.78 is 1.10. The molecule has 0 spiro atoms. The van der Waals surface area contributed by atoms with Gasteiger partial charge in [-0.15, -0.1) is 0 Å². The second-order valence-electron chi connectivity index (χ2n) is 2.65. The van der Waals surface area contributed by atoms with Crippen molar-refractivity contribution in [2.45, 2.75) is 5.16 Å². The third-order valence-corrected chi connectivity index (χ3v) is 2.29. The van der Waals surface area contributed by atoms with Gasteiger partial charge in [0.15, 0.2) is 10.9 Å². The first kappa shape index (κ1) is 9.71. The van der Waals surface area contributed by atoms with Crippen LogP contribution in [0.25, 0.3) is 5.78 Å². The minimum atomic E-state index is -1.25. The number of carboxylic acid groups (broad SMARTS) is 1. The number of carboxylic acids is 1. The molecule has 78 valence electrons. The Kier molecular flexibility index (Phi) is 2.19. The molecule has 0 aliphatic heterocycles. The highest BCUT2D eigenvalue weighted by Gasteiger charge is 2.11. The lowest BCUT2D eigenvalue weighted by molar-refractivity contribution is 0.0690. The molecule has 7 nitrogen and oxygen atoms in total. The lowest BCUT2D eigenvalue weighted by atomic mass is 10.4. The Morgan fingerprint density at radius 1 is 1.60 bits per heavy atom. The summed E-state index contributed by atoms with van der Waals surface area (Å²) in [6, 6.07) is 0.942. The van der Waals surface area contributed by atoms with E-state index in [1.165, 1.54) is 11.8 Å². The minimum Gasteiger partial charge on any atom is -0.477 e.